The van der Waals surface area contributed by atoms with Gasteiger partial charge in [-0.1, -0.05) is 0 Å². The van der Waals surface area contributed by atoms with Crippen LogP contribution in [0.1, 0.15) is 12.8 Å². The molecule has 0 aromatic heterocycles. The lowest BCUT2D eigenvalue weighted by Gasteiger charge is -2.11. The van der Waals surface area contributed by atoms with Gasteiger partial charge in [-0.05, 0) is 12.8 Å². The Balaban J connectivity index is 2.26. The Morgan fingerprint density at radius 2 is 2.11 bits per heavy atom. The fraction of sp³-hybridized carbons (Fsp3) is 1.00. The largest absolute Gasteiger partial charge is 0.308 e. The molecule has 0 radical (unpaired) electrons. The van der Waals surface area contributed by atoms with Crippen LogP contribution in [0, 0.1) is 5.92 Å². The average molecular weight is 133 g/mol. The van der Waals surface area contributed by atoms with Crippen molar-refractivity contribution in [3.05, 3.63) is 0 Å². The second-order valence-corrected chi connectivity index (χ2v) is 2.91. The summed E-state index contributed by atoms with van der Waals surface area (Å²) >= 11 is 0. The van der Waals surface area contributed by atoms with Gasteiger partial charge in [0.15, 0.2) is 0 Å². The number of hydrogen-bond acceptors (Lipinski definition) is 1. The van der Waals surface area contributed by atoms with Crippen LogP contribution in [0.3, 0.4) is 0 Å². The third-order valence-corrected chi connectivity index (χ3v) is 2.42. The molecule has 2 rings (SSSR count). The highest BCUT2D eigenvalue weighted by Crippen LogP contribution is 2.44. The van der Waals surface area contributed by atoms with Gasteiger partial charge in [0.05, 0.1) is 6.04 Å². The van der Waals surface area contributed by atoms with E-state index in [0.29, 0.717) is 19.4 Å². The first kappa shape index (κ1) is 5.59. The topological polar surface area (TPSA) is 12.0 Å². The normalized spacial score (nSPS) is 46.0. The third kappa shape index (κ3) is 0.556. The Labute approximate surface area is 52.4 Å². The minimum atomic E-state index is -2.39. The van der Waals surface area contributed by atoms with Crippen LogP contribution in [0.2, 0.25) is 0 Å². The molecule has 2 unspecified atom stereocenters. The van der Waals surface area contributed by atoms with Crippen LogP contribution in [0.25, 0.3) is 0 Å². The molecule has 0 spiro atoms. The summed E-state index contributed by atoms with van der Waals surface area (Å²) in [6.07, 6.45) is 1.38. The SMILES string of the molecule is FC1(F)C2CCC1NC2. The van der Waals surface area contributed by atoms with E-state index in [4.69, 9.17) is 0 Å². The number of piperidine rings is 1. The van der Waals surface area contributed by atoms with Crippen LogP contribution in [0.15, 0.2) is 0 Å². The van der Waals surface area contributed by atoms with E-state index in [-0.39, 0.29) is 5.92 Å². The van der Waals surface area contributed by atoms with E-state index in [9.17, 15) is 8.78 Å². The summed E-state index contributed by atoms with van der Waals surface area (Å²) in [7, 11) is 0. The smallest absolute Gasteiger partial charge is 0.267 e. The zero-order valence-electron chi connectivity index (χ0n) is 5.03. The second-order valence-electron chi connectivity index (χ2n) is 2.91. The van der Waals surface area contributed by atoms with E-state index in [1.807, 2.05) is 0 Å². The number of fused-ring (bicyclic) bond motifs is 2. The molecule has 1 saturated carbocycles. The number of nitrogens with one attached hydrogen (secondary N) is 1. The van der Waals surface area contributed by atoms with Crippen molar-refractivity contribution in [2.24, 2.45) is 5.92 Å². The summed E-state index contributed by atoms with van der Waals surface area (Å²) in [5, 5.41) is 2.80. The fourth-order valence-electron chi connectivity index (χ4n) is 1.80. The van der Waals surface area contributed by atoms with Crippen LogP contribution in [-0.2, 0) is 0 Å². The Morgan fingerprint density at radius 1 is 1.33 bits per heavy atom. The van der Waals surface area contributed by atoms with E-state index in [1.54, 1.807) is 0 Å². The van der Waals surface area contributed by atoms with Crippen molar-refractivity contribution in [2.75, 3.05) is 6.54 Å². The van der Waals surface area contributed by atoms with Crippen molar-refractivity contribution in [3.8, 4) is 0 Å². The Bertz CT molecular complexity index is 113. The fourth-order valence-corrected chi connectivity index (χ4v) is 1.80. The highest BCUT2D eigenvalue weighted by atomic mass is 19.3. The van der Waals surface area contributed by atoms with Crippen LogP contribution in [0.5, 0.6) is 0 Å². The van der Waals surface area contributed by atoms with E-state index < -0.39 is 12.0 Å². The molecule has 3 heteroatoms. The first-order valence-corrected chi connectivity index (χ1v) is 3.32. The molecule has 2 bridgehead atoms. The monoisotopic (exact) mass is 133 g/mol. The molecule has 0 aromatic carbocycles. The van der Waals surface area contributed by atoms with Crippen molar-refractivity contribution >= 4 is 0 Å². The van der Waals surface area contributed by atoms with Crippen molar-refractivity contribution in [1.29, 1.82) is 0 Å². The van der Waals surface area contributed by atoms with Gasteiger partial charge >= 0.3 is 0 Å². The van der Waals surface area contributed by atoms with Gasteiger partial charge in [0.25, 0.3) is 5.92 Å². The Morgan fingerprint density at radius 3 is 2.22 bits per heavy atom. The van der Waals surface area contributed by atoms with E-state index >= 15 is 0 Å². The molecular formula is C6H9F2N. The number of halogens is 2. The molecule has 1 aliphatic carbocycles. The Kier molecular flexibility index (Phi) is 0.903. The molecule has 1 saturated heterocycles. The second kappa shape index (κ2) is 1.45. The van der Waals surface area contributed by atoms with Crippen LogP contribution < -0.4 is 5.32 Å². The summed E-state index contributed by atoms with van der Waals surface area (Å²) in [5.74, 6) is -2.75. The van der Waals surface area contributed by atoms with Gasteiger partial charge in [-0.3, -0.25) is 0 Å². The van der Waals surface area contributed by atoms with Gasteiger partial charge in [0, 0.05) is 12.5 Å². The molecule has 2 fully saturated rings. The maximum atomic E-state index is 12.7. The first-order valence-electron chi connectivity index (χ1n) is 3.32. The third-order valence-electron chi connectivity index (χ3n) is 2.42. The molecule has 9 heavy (non-hydrogen) atoms. The van der Waals surface area contributed by atoms with E-state index in [2.05, 4.69) is 5.32 Å². The Hall–Kier alpha value is -0.180. The molecule has 1 aliphatic heterocycles. The quantitative estimate of drug-likeness (QED) is 0.520. The minimum absolute atomic E-state index is 0.359. The molecule has 1 N–H and O–H groups in total. The zero-order chi connectivity index (χ0) is 6.48. The van der Waals surface area contributed by atoms with Gasteiger partial charge in [0.1, 0.15) is 0 Å². The zero-order valence-corrected chi connectivity index (χ0v) is 5.03. The highest BCUT2D eigenvalue weighted by Gasteiger charge is 2.56. The van der Waals surface area contributed by atoms with Crippen molar-refractivity contribution < 1.29 is 8.78 Å². The summed E-state index contributed by atoms with van der Waals surface area (Å²) in [4.78, 5) is 0. The molecule has 52 valence electrons. The minimum Gasteiger partial charge on any atom is -0.308 e. The van der Waals surface area contributed by atoms with Crippen LogP contribution >= 0.6 is 0 Å². The lowest BCUT2D eigenvalue weighted by Crippen LogP contribution is -2.32. The molecule has 2 atom stereocenters. The summed E-state index contributed by atoms with van der Waals surface area (Å²) in [6, 6.07) is -0.498. The van der Waals surface area contributed by atoms with Crippen molar-refractivity contribution in [2.45, 2.75) is 24.8 Å². The van der Waals surface area contributed by atoms with Crippen LogP contribution in [0.4, 0.5) is 8.78 Å². The van der Waals surface area contributed by atoms with Gasteiger partial charge in [-0.25, -0.2) is 8.78 Å². The van der Waals surface area contributed by atoms with E-state index in [1.165, 1.54) is 0 Å². The summed E-state index contributed by atoms with van der Waals surface area (Å²) in [6.45, 7) is 0.525. The van der Waals surface area contributed by atoms with Crippen LogP contribution in [-0.4, -0.2) is 18.5 Å². The molecule has 1 nitrogen and oxygen atoms in total. The van der Waals surface area contributed by atoms with Gasteiger partial charge < -0.3 is 5.32 Å². The maximum absolute atomic E-state index is 12.7. The molecular weight excluding hydrogens is 124 g/mol. The predicted octanol–water partition coefficient (Wildman–Crippen LogP) is 1.00. The van der Waals surface area contributed by atoms with E-state index in [0.717, 1.165) is 0 Å². The maximum Gasteiger partial charge on any atom is 0.267 e. The standard InChI is InChI=1S/C6H9F2N/c7-6(8)4-1-2-5(6)9-3-4/h4-5,9H,1-3H2. The number of alkyl halides is 2. The average Bonchev–Trinajstić information content (AvgIpc) is 2.24. The predicted molar refractivity (Wildman–Crippen MR) is 29.5 cm³/mol. The highest BCUT2D eigenvalue weighted by molar-refractivity contribution is 5.03. The molecule has 2 aliphatic rings. The van der Waals surface area contributed by atoms with Gasteiger partial charge in [-0.15, -0.1) is 0 Å². The van der Waals surface area contributed by atoms with Gasteiger partial charge in [-0.2, -0.15) is 0 Å². The molecule has 1 heterocycles. The summed E-state index contributed by atoms with van der Waals surface area (Å²) < 4.78 is 25.5. The van der Waals surface area contributed by atoms with Gasteiger partial charge in [0.2, 0.25) is 0 Å². The lowest BCUT2D eigenvalue weighted by atomic mass is 10.1. The molecule has 0 amide bonds. The van der Waals surface area contributed by atoms with Crippen molar-refractivity contribution in [1.82, 2.24) is 5.32 Å². The lowest BCUT2D eigenvalue weighted by molar-refractivity contribution is -0.0226. The number of rotatable bonds is 0. The molecule has 0 aromatic rings. The summed E-state index contributed by atoms with van der Waals surface area (Å²) in [5.41, 5.74) is 0. The first-order chi connectivity index (χ1) is 4.21. The number of hydrogen-bond donors (Lipinski definition) is 1. The van der Waals surface area contributed by atoms with Crippen molar-refractivity contribution in [3.63, 3.8) is 0 Å².